The van der Waals surface area contributed by atoms with E-state index < -0.39 is 10.0 Å². The number of halogens is 2. The van der Waals surface area contributed by atoms with Gasteiger partial charge in [-0.1, -0.05) is 29.8 Å². The van der Waals surface area contributed by atoms with Crippen LogP contribution in [-0.4, -0.2) is 59.4 Å². The maximum absolute atomic E-state index is 15.3. The molecule has 184 valence electrons. The fourth-order valence-electron chi connectivity index (χ4n) is 5.76. The average molecular weight is 515 g/mol. The number of likely N-dealkylation sites (tertiary alicyclic amines) is 1. The SMILES string of the molecule is Cn1cnc(S(=O)(=O)N2CC(c3cc4c(cc3F)CC(N3CCC3)C4Cc3cccc(Cl)c3)C2)c1. The highest BCUT2D eigenvalue weighted by atomic mass is 35.5. The van der Waals surface area contributed by atoms with E-state index in [1.807, 2.05) is 24.3 Å². The first-order valence-corrected chi connectivity index (χ1v) is 13.9. The Morgan fingerprint density at radius 2 is 1.94 bits per heavy atom. The van der Waals surface area contributed by atoms with Gasteiger partial charge >= 0.3 is 0 Å². The molecule has 1 aromatic heterocycles. The quantitative estimate of drug-likeness (QED) is 0.499. The van der Waals surface area contributed by atoms with Gasteiger partial charge < -0.3 is 4.57 Å². The van der Waals surface area contributed by atoms with Crippen molar-refractivity contribution in [3.8, 4) is 0 Å². The van der Waals surface area contributed by atoms with Crippen LogP contribution in [0.3, 0.4) is 0 Å². The van der Waals surface area contributed by atoms with E-state index in [0.717, 1.165) is 36.5 Å². The zero-order chi connectivity index (χ0) is 24.3. The van der Waals surface area contributed by atoms with Gasteiger partial charge in [-0.15, -0.1) is 0 Å². The van der Waals surface area contributed by atoms with Crippen LogP contribution in [0.4, 0.5) is 4.39 Å². The lowest BCUT2D eigenvalue weighted by molar-refractivity contribution is 0.106. The first-order chi connectivity index (χ1) is 16.8. The highest BCUT2D eigenvalue weighted by Gasteiger charge is 2.42. The van der Waals surface area contributed by atoms with E-state index in [1.54, 1.807) is 17.7 Å². The van der Waals surface area contributed by atoms with Crippen molar-refractivity contribution in [3.05, 3.63) is 82.0 Å². The Morgan fingerprint density at radius 3 is 2.60 bits per heavy atom. The number of aromatic nitrogens is 2. The Morgan fingerprint density at radius 1 is 1.14 bits per heavy atom. The van der Waals surface area contributed by atoms with Crippen molar-refractivity contribution >= 4 is 21.6 Å². The standard InChI is InChI=1S/C26H28ClFN4O2S/c1-30-15-26(29-16-30)35(33,34)32-13-19(14-32)22-12-21-18(10-24(22)28)11-25(31-6-3-7-31)23(21)9-17-4-2-5-20(27)8-17/h2,4-5,8,10,12,15-16,19,23,25H,3,6-7,9,11,13-14H2,1H3. The number of sulfonamides is 1. The molecule has 1 aliphatic carbocycles. The molecule has 2 saturated heterocycles. The van der Waals surface area contributed by atoms with Gasteiger partial charge in [0.25, 0.3) is 10.0 Å². The summed E-state index contributed by atoms with van der Waals surface area (Å²) < 4.78 is 44.0. The van der Waals surface area contributed by atoms with Gasteiger partial charge in [-0.25, -0.2) is 17.8 Å². The summed E-state index contributed by atoms with van der Waals surface area (Å²) in [6.07, 6.45) is 5.88. The number of fused-ring (bicyclic) bond motifs is 1. The van der Waals surface area contributed by atoms with Crippen molar-refractivity contribution in [2.75, 3.05) is 26.2 Å². The first kappa shape index (κ1) is 23.2. The lowest BCUT2D eigenvalue weighted by atomic mass is 9.85. The number of imidazole rings is 1. The Hall–Kier alpha value is -2.26. The molecule has 2 fully saturated rings. The number of aryl methyl sites for hydroxylation is 1. The highest BCUT2D eigenvalue weighted by molar-refractivity contribution is 7.89. The van der Waals surface area contributed by atoms with Gasteiger partial charge in [0.15, 0.2) is 5.03 Å². The van der Waals surface area contributed by atoms with Gasteiger partial charge in [-0.05, 0) is 72.8 Å². The third kappa shape index (κ3) is 4.10. The van der Waals surface area contributed by atoms with Crippen LogP contribution in [0, 0.1) is 5.82 Å². The van der Waals surface area contributed by atoms with Crippen molar-refractivity contribution in [2.45, 2.75) is 42.2 Å². The molecule has 0 saturated carbocycles. The summed E-state index contributed by atoms with van der Waals surface area (Å²) in [5, 5.41) is 0.761. The largest absolute Gasteiger partial charge is 0.339 e. The summed E-state index contributed by atoms with van der Waals surface area (Å²) in [4.78, 5) is 6.50. The van der Waals surface area contributed by atoms with E-state index in [2.05, 4.69) is 16.0 Å². The zero-order valence-electron chi connectivity index (χ0n) is 19.6. The van der Waals surface area contributed by atoms with E-state index in [-0.39, 0.29) is 35.8 Å². The Balaban J connectivity index is 1.27. The summed E-state index contributed by atoms with van der Waals surface area (Å²) in [6.45, 7) is 2.71. The third-order valence-corrected chi connectivity index (χ3v) is 9.78. The molecule has 0 N–H and O–H groups in total. The summed E-state index contributed by atoms with van der Waals surface area (Å²) in [6, 6.07) is 12.1. The smallest absolute Gasteiger partial charge is 0.262 e. The molecule has 6 rings (SSSR count). The summed E-state index contributed by atoms with van der Waals surface area (Å²) in [5.74, 6) is -0.125. The zero-order valence-corrected chi connectivity index (χ0v) is 21.1. The van der Waals surface area contributed by atoms with Crippen LogP contribution in [0.1, 0.15) is 40.5 Å². The van der Waals surface area contributed by atoms with Crippen LogP contribution >= 0.6 is 11.6 Å². The fourth-order valence-corrected chi connectivity index (χ4v) is 7.47. The minimum Gasteiger partial charge on any atom is -0.339 e. The molecule has 0 spiro atoms. The Bertz CT molecular complexity index is 1380. The minimum absolute atomic E-state index is 0.0341. The second-order valence-corrected chi connectivity index (χ2v) is 12.4. The number of nitrogens with zero attached hydrogens (tertiary/aromatic N) is 4. The van der Waals surface area contributed by atoms with E-state index in [9.17, 15) is 8.42 Å². The van der Waals surface area contributed by atoms with Crippen LogP contribution in [-0.2, 0) is 29.9 Å². The minimum atomic E-state index is -3.66. The van der Waals surface area contributed by atoms with Crippen LogP contribution in [0.5, 0.6) is 0 Å². The van der Waals surface area contributed by atoms with Crippen LogP contribution in [0.25, 0.3) is 0 Å². The predicted octanol–water partition coefficient (Wildman–Crippen LogP) is 3.96. The lowest BCUT2D eigenvalue weighted by Gasteiger charge is -2.40. The first-order valence-electron chi connectivity index (χ1n) is 12.1. The van der Waals surface area contributed by atoms with Crippen LogP contribution in [0.15, 0.2) is 53.9 Å². The molecule has 3 heterocycles. The number of hydrogen-bond donors (Lipinski definition) is 0. The normalized spacial score (nSPS) is 23.2. The molecule has 2 unspecified atom stereocenters. The average Bonchev–Trinajstić information content (AvgIpc) is 3.31. The molecule has 0 radical (unpaired) electrons. The maximum atomic E-state index is 15.3. The van der Waals surface area contributed by atoms with Crippen molar-refractivity contribution in [2.24, 2.45) is 7.05 Å². The molecule has 3 aromatic rings. The van der Waals surface area contributed by atoms with Crippen molar-refractivity contribution in [1.29, 1.82) is 0 Å². The molecule has 0 bridgehead atoms. The second-order valence-electron chi connectivity index (χ2n) is 10.1. The van der Waals surface area contributed by atoms with E-state index in [4.69, 9.17) is 11.6 Å². The van der Waals surface area contributed by atoms with E-state index >= 15 is 4.39 Å². The topological polar surface area (TPSA) is 58.4 Å². The van der Waals surface area contributed by atoms with Crippen molar-refractivity contribution in [1.82, 2.24) is 18.8 Å². The van der Waals surface area contributed by atoms with Gasteiger partial charge in [0.2, 0.25) is 0 Å². The van der Waals surface area contributed by atoms with Gasteiger partial charge in [-0.3, -0.25) is 4.90 Å². The Labute approximate surface area is 210 Å². The van der Waals surface area contributed by atoms with Gasteiger partial charge in [0.1, 0.15) is 5.82 Å². The maximum Gasteiger partial charge on any atom is 0.262 e. The van der Waals surface area contributed by atoms with E-state index in [1.165, 1.54) is 34.4 Å². The van der Waals surface area contributed by atoms with Gasteiger partial charge in [0.05, 0.1) is 6.33 Å². The summed E-state index contributed by atoms with van der Waals surface area (Å²) in [7, 11) is -1.92. The Kier molecular flexibility index (Phi) is 5.75. The molecule has 2 atom stereocenters. The van der Waals surface area contributed by atoms with Gasteiger partial charge in [-0.2, -0.15) is 4.31 Å². The van der Waals surface area contributed by atoms with Crippen LogP contribution < -0.4 is 0 Å². The fraction of sp³-hybridized carbons (Fsp3) is 0.423. The number of rotatable bonds is 6. The molecule has 35 heavy (non-hydrogen) atoms. The molecule has 6 nitrogen and oxygen atoms in total. The second kappa shape index (κ2) is 8.69. The molecule has 2 aromatic carbocycles. The molecule has 9 heteroatoms. The molecule has 3 aliphatic rings. The van der Waals surface area contributed by atoms with Crippen LogP contribution in [0.2, 0.25) is 5.02 Å². The molecule has 0 amide bonds. The van der Waals surface area contributed by atoms with E-state index in [0.29, 0.717) is 11.6 Å². The monoisotopic (exact) mass is 514 g/mol. The van der Waals surface area contributed by atoms with Crippen molar-refractivity contribution in [3.63, 3.8) is 0 Å². The number of hydrogen-bond acceptors (Lipinski definition) is 4. The lowest BCUT2D eigenvalue weighted by Crippen LogP contribution is -2.48. The summed E-state index contributed by atoms with van der Waals surface area (Å²) in [5.41, 5.74) is 4.08. The van der Waals surface area contributed by atoms with Crippen molar-refractivity contribution < 1.29 is 12.8 Å². The summed E-state index contributed by atoms with van der Waals surface area (Å²) >= 11 is 6.26. The molecular weight excluding hydrogens is 487 g/mol. The molecular formula is C26H28ClFN4O2S. The molecule has 2 aliphatic heterocycles. The predicted molar refractivity (Wildman–Crippen MR) is 133 cm³/mol. The van der Waals surface area contributed by atoms with Gasteiger partial charge in [0, 0.05) is 49.2 Å². The number of benzene rings is 2. The third-order valence-electron chi connectivity index (χ3n) is 7.83. The highest BCUT2D eigenvalue weighted by Crippen LogP contribution is 2.43.